The summed E-state index contributed by atoms with van der Waals surface area (Å²) in [5, 5.41) is 3.41. The van der Waals surface area contributed by atoms with Crippen molar-refractivity contribution < 1.29 is 4.74 Å². The SMILES string of the molecule is CN(C)CCOCCCNCc1ccccc1. The van der Waals surface area contributed by atoms with E-state index in [2.05, 4.69) is 48.6 Å². The lowest BCUT2D eigenvalue weighted by Gasteiger charge is -2.10. The van der Waals surface area contributed by atoms with Crippen LogP contribution in [0.15, 0.2) is 30.3 Å². The maximum Gasteiger partial charge on any atom is 0.0593 e. The number of benzene rings is 1. The molecule has 0 aliphatic carbocycles. The molecule has 0 aliphatic heterocycles. The summed E-state index contributed by atoms with van der Waals surface area (Å²) in [6.07, 6.45) is 1.07. The minimum absolute atomic E-state index is 0.825. The fourth-order valence-corrected chi connectivity index (χ4v) is 1.48. The second-order valence-electron chi connectivity index (χ2n) is 4.43. The molecule has 0 saturated carbocycles. The molecule has 1 aromatic rings. The molecule has 1 aromatic carbocycles. The lowest BCUT2D eigenvalue weighted by molar-refractivity contribution is 0.115. The number of hydrogen-bond donors (Lipinski definition) is 1. The Hall–Kier alpha value is -0.900. The van der Waals surface area contributed by atoms with E-state index in [4.69, 9.17) is 4.74 Å². The molecule has 0 radical (unpaired) electrons. The monoisotopic (exact) mass is 236 g/mol. The maximum absolute atomic E-state index is 5.52. The van der Waals surface area contributed by atoms with E-state index in [1.165, 1.54) is 5.56 Å². The van der Waals surface area contributed by atoms with E-state index < -0.39 is 0 Å². The first-order valence-electron chi connectivity index (χ1n) is 6.26. The van der Waals surface area contributed by atoms with Gasteiger partial charge in [0.2, 0.25) is 0 Å². The van der Waals surface area contributed by atoms with Crippen LogP contribution in [0.1, 0.15) is 12.0 Å². The lowest BCUT2D eigenvalue weighted by Crippen LogP contribution is -2.20. The first-order valence-corrected chi connectivity index (χ1v) is 6.26. The molecular weight excluding hydrogens is 212 g/mol. The Morgan fingerprint density at radius 2 is 1.88 bits per heavy atom. The van der Waals surface area contributed by atoms with E-state index in [1.54, 1.807) is 0 Å². The van der Waals surface area contributed by atoms with Crippen molar-refractivity contribution >= 4 is 0 Å². The van der Waals surface area contributed by atoms with Crippen LogP contribution in [0.5, 0.6) is 0 Å². The molecule has 17 heavy (non-hydrogen) atoms. The summed E-state index contributed by atoms with van der Waals surface area (Å²) in [6.45, 7) is 4.62. The standard InChI is InChI=1S/C14H24N2O/c1-16(2)10-12-17-11-6-9-15-13-14-7-4-3-5-8-14/h3-5,7-8,15H,6,9-13H2,1-2H3. The van der Waals surface area contributed by atoms with Gasteiger partial charge in [-0.3, -0.25) is 0 Å². The molecule has 0 bridgehead atoms. The second-order valence-corrected chi connectivity index (χ2v) is 4.43. The maximum atomic E-state index is 5.52. The highest BCUT2D eigenvalue weighted by molar-refractivity contribution is 5.14. The zero-order valence-electron chi connectivity index (χ0n) is 11.0. The van der Waals surface area contributed by atoms with Gasteiger partial charge in [0.15, 0.2) is 0 Å². The predicted molar refractivity (Wildman–Crippen MR) is 72.1 cm³/mol. The van der Waals surface area contributed by atoms with Gasteiger partial charge >= 0.3 is 0 Å². The third-order valence-electron chi connectivity index (χ3n) is 2.50. The van der Waals surface area contributed by atoms with Gasteiger partial charge in [0, 0.05) is 19.7 Å². The minimum atomic E-state index is 0.825. The Kier molecular flexibility index (Phi) is 7.63. The highest BCUT2D eigenvalue weighted by Crippen LogP contribution is 1.96. The summed E-state index contributed by atoms with van der Waals surface area (Å²) in [7, 11) is 4.12. The Labute approximate surface area is 105 Å². The first-order chi connectivity index (χ1) is 8.29. The van der Waals surface area contributed by atoms with Crippen molar-refractivity contribution in [3.63, 3.8) is 0 Å². The zero-order chi connectivity index (χ0) is 12.3. The molecule has 0 aromatic heterocycles. The van der Waals surface area contributed by atoms with Crippen molar-refractivity contribution in [2.75, 3.05) is 40.4 Å². The number of rotatable bonds is 9. The third-order valence-corrected chi connectivity index (χ3v) is 2.50. The molecule has 0 heterocycles. The predicted octanol–water partition coefficient (Wildman–Crippen LogP) is 1.74. The van der Waals surface area contributed by atoms with Gasteiger partial charge in [-0.25, -0.2) is 0 Å². The van der Waals surface area contributed by atoms with Crippen molar-refractivity contribution in [3.05, 3.63) is 35.9 Å². The zero-order valence-corrected chi connectivity index (χ0v) is 11.0. The molecule has 1 rings (SSSR count). The van der Waals surface area contributed by atoms with Gasteiger partial charge in [-0.05, 0) is 32.6 Å². The topological polar surface area (TPSA) is 24.5 Å². The smallest absolute Gasteiger partial charge is 0.0593 e. The third kappa shape index (κ3) is 7.91. The summed E-state index contributed by atoms with van der Waals surface area (Å²) in [5.41, 5.74) is 1.33. The molecule has 3 heteroatoms. The van der Waals surface area contributed by atoms with Crippen LogP contribution in [-0.4, -0.2) is 45.3 Å². The number of likely N-dealkylation sites (N-methyl/N-ethyl adjacent to an activating group) is 1. The Balaban J connectivity index is 1.88. The van der Waals surface area contributed by atoms with Gasteiger partial charge < -0.3 is 15.0 Å². The summed E-state index contributed by atoms with van der Waals surface area (Å²) in [4.78, 5) is 2.13. The van der Waals surface area contributed by atoms with Crippen molar-refractivity contribution in [3.8, 4) is 0 Å². The molecule has 0 aliphatic rings. The quantitative estimate of drug-likeness (QED) is 0.661. The van der Waals surface area contributed by atoms with Crippen LogP contribution >= 0.6 is 0 Å². The van der Waals surface area contributed by atoms with Crippen molar-refractivity contribution in [1.82, 2.24) is 10.2 Å². The van der Waals surface area contributed by atoms with Crippen LogP contribution in [0.25, 0.3) is 0 Å². The van der Waals surface area contributed by atoms with E-state index in [0.717, 1.165) is 39.3 Å². The normalized spacial score (nSPS) is 11.0. The van der Waals surface area contributed by atoms with Crippen LogP contribution in [0.3, 0.4) is 0 Å². The number of nitrogens with zero attached hydrogens (tertiary/aromatic N) is 1. The van der Waals surface area contributed by atoms with Gasteiger partial charge in [0.05, 0.1) is 6.61 Å². The highest BCUT2D eigenvalue weighted by atomic mass is 16.5. The average molecular weight is 236 g/mol. The van der Waals surface area contributed by atoms with E-state index in [1.807, 2.05) is 6.07 Å². The van der Waals surface area contributed by atoms with E-state index in [-0.39, 0.29) is 0 Å². The van der Waals surface area contributed by atoms with E-state index in [0.29, 0.717) is 0 Å². The summed E-state index contributed by atoms with van der Waals surface area (Å²) >= 11 is 0. The van der Waals surface area contributed by atoms with Gasteiger partial charge in [-0.15, -0.1) is 0 Å². The van der Waals surface area contributed by atoms with Crippen LogP contribution in [-0.2, 0) is 11.3 Å². The Morgan fingerprint density at radius 3 is 2.59 bits per heavy atom. The molecule has 1 N–H and O–H groups in total. The van der Waals surface area contributed by atoms with E-state index >= 15 is 0 Å². The van der Waals surface area contributed by atoms with Crippen LogP contribution in [0.2, 0.25) is 0 Å². The molecule has 96 valence electrons. The number of ether oxygens (including phenoxy) is 1. The van der Waals surface area contributed by atoms with E-state index in [9.17, 15) is 0 Å². The van der Waals surface area contributed by atoms with Crippen molar-refractivity contribution in [2.45, 2.75) is 13.0 Å². The molecule has 0 spiro atoms. The molecule has 0 unspecified atom stereocenters. The van der Waals surface area contributed by atoms with Crippen LogP contribution in [0, 0.1) is 0 Å². The summed E-state index contributed by atoms with van der Waals surface area (Å²) < 4.78 is 5.52. The first kappa shape index (κ1) is 14.2. The average Bonchev–Trinajstić information content (AvgIpc) is 2.33. The Morgan fingerprint density at radius 1 is 1.12 bits per heavy atom. The molecule has 0 amide bonds. The van der Waals surface area contributed by atoms with Gasteiger partial charge in [-0.1, -0.05) is 30.3 Å². The van der Waals surface area contributed by atoms with Crippen LogP contribution in [0.4, 0.5) is 0 Å². The second kappa shape index (κ2) is 9.16. The minimum Gasteiger partial charge on any atom is -0.380 e. The molecule has 0 saturated heterocycles. The van der Waals surface area contributed by atoms with Crippen molar-refractivity contribution in [1.29, 1.82) is 0 Å². The summed E-state index contributed by atoms with van der Waals surface area (Å²) in [6, 6.07) is 10.5. The van der Waals surface area contributed by atoms with Crippen LogP contribution < -0.4 is 5.32 Å². The van der Waals surface area contributed by atoms with Crippen molar-refractivity contribution in [2.24, 2.45) is 0 Å². The van der Waals surface area contributed by atoms with Gasteiger partial charge in [-0.2, -0.15) is 0 Å². The largest absolute Gasteiger partial charge is 0.380 e. The number of hydrogen-bond acceptors (Lipinski definition) is 3. The fraction of sp³-hybridized carbons (Fsp3) is 0.571. The lowest BCUT2D eigenvalue weighted by atomic mass is 10.2. The molecule has 0 atom stereocenters. The molecular formula is C14H24N2O. The Bertz CT molecular complexity index is 275. The fourth-order valence-electron chi connectivity index (χ4n) is 1.48. The number of nitrogens with one attached hydrogen (secondary N) is 1. The van der Waals surface area contributed by atoms with Gasteiger partial charge in [0.1, 0.15) is 0 Å². The molecule has 3 nitrogen and oxygen atoms in total. The van der Waals surface area contributed by atoms with Gasteiger partial charge in [0.25, 0.3) is 0 Å². The highest BCUT2D eigenvalue weighted by Gasteiger charge is 1.93. The molecule has 0 fully saturated rings. The summed E-state index contributed by atoms with van der Waals surface area (Å²) in [5.74, 6) is 0.